The molecule has 1 aliphatic rings. The fourth-order valence-corrected chi connectivity index (χ4v) is 3.39. The Bertz CT molecular complexity index is 835. The average Bonchev–Trinajstić information content (AvgIpc) is 2.74. The van der Waals surface area contributed by atoms with Crippen LogP contribution >= 0.6 is 0 Å². The molecule has 1 fully saturated rings. The number of anilines is 2. The van der Waals surface area contributed by atoms with Gasteiger partial charge in [0.25, 0.3) is 0 Å². The Morgan fingerprint density at radius 3 is 2.57 bits per heavy atom. The molecule has 1 aromatic heterocycles. The maximum atomic E-state index is 12.4. The molecule has 0 radical (unpaired) electrons. The van der Waals surface area contributed by atoms with Crippen molar-refractivity contribution in [1.29, 1.82) is 5.26 Å². The quantitative estimate of drug-likeness (QED) is 0.837. The lowest BCUT2D eigenvalue weighted by Crippen LogP contribution is -2.49. The SMILES string of the molecule is CCC(C)c1ccc(NC(=O)CN2CCN(c3ncccc3C#N)CC2)cc1. The minimum absolute atomic E-state index is 0.000269. The van der Waals surface area contributed by atoms with E-state index in [1.54, 1.807) is 18.3 Å². The van der Waals surface area contributed by atoms with E-state index in [1.165, 1.54) is 5.56 Å². The number of carbonyl (C=O) groups is 1. The van der Waals surface area contributed by atoms with E-state index in [1.807, 2.05) is 12.1 Å². The van der Waals surface area contributed by atoms with Crippen LogP contribution in [0.1, 0.15) is 37.3 Å². The molecule has 0 saturated carbocycles. The molecule has 6 nitrogen and oxygen atoms in total. The van der Waals surface area contributed by atoms with Gasteiger partial charge in [-0.15, -0.1) is 0 Å². The van der Waals surface area contributed by atoms with E-state index in [0.29, 0.717) is 18.0 Å². The van der Waals surface area contributed by atoms with Crippen LogP contribution in [0.3, 0.4) is 0 Å². The van der Waals surface area contributed by atoms with Crippen molar-refractivity contribution in [2.75, 3.05) is 42.9 Å². The molecule has 0 spiro atoms. The van der Waals surface area contributed by atoms with Crippen LogP contribution in [0, 0.1) is 11.3 Å². The molecule has 1 unspecified atom stereocenters. The Morgan fingerprint density at radius 1 is 1.21 bits per heavy atom. The second-order valence-electron chi connectivity index (χ2n) is 7.23. The number of aromatic nitrogens is 1. The van der Waals surface area contributed by atoms with Crippen molar-refractivity contribution in [3.8, 4) is 6.07 Å². The van der Waals surface area contributed by atoms with Crippen molar-refractivity contribution < 1.29 is 4.79 Å². The van der Waals surface area contributed by atoms with Crippen molar-refractivity contribution in [1.82, 2.24) is 9.88 Å². The van der Waals surface area contributed by atoms with Crippen LogP contribution in [-0.2, 0) is 4.79 Å². The number of hydrogen-bond donors (Lipinski definition) is 1. The fourth-order valence-electron chi connectivity index (χ4n) is 3.39. The maximum absolute atomic E-state index is 12.4. The molecule has 1 amide bonds. The van der Waals surface area contributed by atoms with Gasteiger partial charge in [0.2, 0.25) is 5.91 Å². The first kappa shape index (κ1) is 19.8. The molecule has 0 aliphatic carbocycles. The standard InChI is InChI=1S/C22H27N5O/c1-3-17(2)18-6-8-20(9-7-18)25-21(28)16-26-11-13-27(14-12-26)22-19(15-23)5-4-10-24-22/h4-10,17H,3,11-14,16H2,1-2H3,(H,25,28). The zero-order chi connectivity index (χ0) is 19.9. The average molecular weight is 377 g/mol. The number of benzene rings is 1. The summed E-state index contributed by atoms with van der Waals surface area (Å²) in [7, 11) is 0. The highest BCUT2D eigenvalue weighted by atomic mass is 16.2. The third-order valence-corrected chi connectivity index (χ3v) is 5.32. The van der Waals surface area contributed by atoms with E-state index in [2.05, 4.69) is 52.2 Å². The third kappa shape index (κ3) is 4.87. The molecule has 28 heavy (non-hydrogen) atoms. The van der Waals surface area contributed by atoms with Crippen molar-refractivity contribution >= 4 is 17.4 Å². The lowest BCUT2D eigenvalue weighted by atomic mass is 9.99. The van der Waals surface area contributed by atoms with Crippen LogP contribution in [0.5, 0.6) is 0 Å². The Morgan fingerprint density at radius 2 is 1.93 bits per heavy atom. The van der Waals surface area contributed by atoms with E-state index >= 15 is 0 Å². The zero-order valence-corrected chi connectivity index (χ0v) is 16.6. The summed E-state index contributed by atoms with van der Waals surface area (Å²) < 4.78 is 0. The Kier molecular flexibility index (Phi) is 6.62. The van der Waals surface area contributed by atoms with Crippen LogP contribution in [-0.4, -0.2) is 48.5 Å². The van der Waals surface area contributed by atoms with Crippen molar-refractivity contribution in [3.63, 3.8) is 0 Å². The largest absolute Gasteiger partial charge is 0.353 e. The zero-order valence-electron chi connectivity index (χ0n) is 16.6. The van der Waals surface area contributed by atoms with E-state index in [9.17, 15) is 10.1 Å². The van der Waals surface area contributed by atoms with Gasteiger partial charge in [-0.3, -0.25) is 9.69 Å². The summed E-state index contributed by atoms with van der Waals surface area (Å²) in [5, 5.41) is 12.2. The minimum atomic E-state index is 0.000269. The van der Waals surface area contributed by atoms with Gasteiger partial charge in [-0.25, -0.2) is 4.98 Å². The second kappa shape index (κ2) is 9.34. The van der Waals surface area contributed by atoms with Crippen LogP contribution in [0.15, 0.2) is 42.6 Å². The summed E-state index contributed by atoms with van der Waals surface area (Å²) in [6.45, 7) is 7.79. The van der Waals surface area contributed by atoms with Crippen molar-refractivity contribution in [3.05, 3.63) is 53.7 Å². The number of rotatable bonds is 6. The van der Waals surface area contributed by atoms with Gasteiger partial charge in [-0.1, -0.05) is 26.0 Å². The highest BCUT2D eigenvalue weighted by Crippen LogP contribution is 2.21. The van der Waals surface area contributed by atoms with Gasteiger partial charge in [0.05, 0.1) is 12.1 Å². The van der Waals surface area contributed by atoms with E-state index in [4.69, 9.17) is 0 Å². The lowest BCUT2D eigenvalue weighted by Gasteiger charge is -2.35. The summed E-state index contributed by atoms with van der Waals surface area (Å²) in [4.78, 5) is 21.0. The highest BCUT2D eigenvalue weighted by molar-refractivity contribution is 5.92. The van der Waals surface area contributed by atoms with Gasteiger partial charge in [0.1, 0.15) is 11.9 Å². The first-order valence-corrected chi connectivity index (χ1v) is 9.83. The summed E-state index contributed by atoms with van der Waals surface area (Å²) in [5.41, 5.74) is 2.72. The predicted molar refractivity (Wildman–Crippen MR) is 111 cm³/mol. The number of amides is 1. The molecule has 1 saturated heterocycles. The van der Waals surface area contributed by atoms with Crippen molar-refractivity contribution in [2.45, 2.75) is 26.2 Å². The maximum Gasteiger partial charge on any atom is 0.238 e. The fraction of sp³-hybridized carbons (Fsp3) is 0.409. The molecule has 0 bridgehead atoms. The lowest BCUT2D eigenvalue weighted by molar-refractivity contribution is -0.117. The molecule has 3 rings (SSSR count). The number of nitriles is 1. The van der Waals surface area contributed by atoms with Crippen molar-refractivity contribution in [2.24, 2.45) is 0 Å². The Labute approximate surface area is 166 Å². The van der Waals surface area contributed by atoms with Gasteiger partial charge in [-0.2, -0.15) is 5.26 Å². The first-order valence-electron chi connectivity index (χ1n) is 9.83. The van der Waals surface area contributed by atoms with Gasteiger partial charge in [0.15, 0.2) is 0 Å². The number of piperazine rings is 1. The van der Waals surface area contributed by atoms with Gasteiger partial charge < -0.3 is 10.2 Å². The molecule has 1 aliphatic heterocycles. The van der Waals surface area contributed by atoms with Crippen LogP contribution in [0.4, 0.5) is 11.5 Å². The molecule has 146 valence electrons. The van der Waals surface area contributed by atoms with E-state index in [-0.39, 0.29) is 5.91 Å². The summed E-state index contributed by atoms with van der Waals surface area (Å²) >= 11 is 0. The summed E-state index contributed by atoms with van der Waals surface area (Å²) in [6, 6.07) is 13.9. The second-order valence-corrected chi connectivity index (χ2v) is 7.23. The Balaban J connectivity index is 1.49. The smallest absolute Gasteiger partial charge is 0.238 e. The van der Waals surface area contributed by atoms with E-state index < -0.39 is 0 Å². The van der Waals surface area contributed by atoms with Crippen LogP contribution < -0.4 is 10.2 Å². The molecule has 1 atom stereocenters. The summed E-state index contributed by atoms with van der Waals surface area (Å²) in [5.74, 6) is 1.26. The molecular formula is C22H27N5O. The van der Waals surface area contributed by atoms with E-state index in [0.717, 1.165) is 44.1 Å². The molecule has 2 aromatic rings. The monoisotopic (exact) mass is 377 g/mol. The molecule has 6 heteroatoms. The van der Waals surface area contributed by atoms with Gasteiger partial charge >= 0.3 is 0 Å². The topological polar surface area (TPSA) is 72.3 Å². The summed E-state index contributed by atoms with van der Waals surface area (Å²) in [6.07, 6.45) is 2.81. The third-order valence-electron chi connectivity index (χ3n) is 5.32. The Hall–Kier alpha value is -2.91. The normalized spacial score (nSPS) is 15.7. The molecule has 2 heterocycles. The van der Waals surface area contributed by atoms with Crippen LogP contribution in [0.2, 0.25) is 0 Å². The number of pyridine rings is 1. The molecule has 1 aromatic carbocycles. The number of nitrogens with zero attached hydrogens (tertiary/aromatic N) is 4. The minimum Gasteiger partial charge on any atom is -0.353 e. The number of carbonyl (C=O) groups excluding carboxylic acids is 1. The molecule has 1 N–H and O–H groups in total. The highest BCUT2D eigenvalue weighted by Gasteiger charge is 2.21. The molecular weight excluding hydrogens is 350 g/mol. The predicted octanol–water partition coefficient (Wildman–Crippen LogP) is 3.23. The number of hydrogen-bond acceptors (Lipinski definition) is 5. The number of nitrogens with one attached hydrogen (secondary N) is 1. The first-order chi connectivity index (χ1) is 13.6. The van der Waals surface area contributed by atoms with Gasteiger partial charge in [0, 0.05) is 38.1 Å². The van der Waals surface area contributed by atoms with Gasteiger partial charge in [-0.05, 0) is 42.2 Å². The van der Waals surface area contributed by atoms with Crippen LogP contribution in [0.25, 0.3) is 0 Å².